The van der Waals surface area contributed by atoms with Crippen molar-refractivity contribution in [1.82, 2.24) is 15.1 Å². The summed E-state index contributed by atoms with van der Waals surface area (Å²) in [6.45, 7) is 9.94. The molecule has 0 aliphatic rings. The van der Waals surface area contributed by atoms with E-state index in [1.165, 1.54) is 34.9 Å². The van der Waals surface area contributed by atoms with Gasteiger partial charge in [0.2, 0.25) is 0 Å². The van der Waals surface area contributed by atoms with Crippen LogP contribution in [0.15, 0.2) is 0 Å². The first-order chi connectivity index (χ1) is 9.19. The maximum Gasteiger partial charge on any atom is 0.0672 e. The highest BCUT2D eigenvalue weighted by molar-refractivity contribution is 7.99. The lowest BCUT2D eigenvalue weighted by atomic mass is 10.0. The molecule has 1 N–H and O–H groups in total. The van der Waals surface area contributed by atoms with Crippen molar-refractivity contribution < 1.29 is 0 Å². The van der Waals surface area contributed by atoms with Crippen LogP contribution < -0.4 is 5.32 Å². The number of hydrogen-bond acceptors (Lipinski definition) is 3. The molecule has 3 nitrogen and oxygen atoms in total. The summed E-state index contributed by atoms with van der Waals surface area (Å²) in [5.41, 5.74) is 4.11. The lowest BCUT2D eigenvalue weighted by molar-refractivity contribution is 0.569. The minimum atomic E-state index is 0.392. The molecule has 110 valence electrons. The summed E-state index contributed by atoms with van der Waals surface area (Å²) in [5.74, 6) is 2.44. The monoisotopic (exact) mass is 283 g/mol. The Hall–Kier alpha value is -0.480. The number of nitrogens with one attached hydrogen (secondary N) is 1. The molecule has 1 heterocycles. The first-order valence-electron chi connectivity index (χ1n) is 7.52. The number of hydrogen-bond donors (Lipinski definition) is 1. The van der Waals surface area contributed by atoms with Crippen LogP contribution in [0.25, 0.3) is 0 Å². The molecule has 1 unspecified atom stereocenters. The summed E-state index contributed by atoms with van der Waals surface area (Å²) >= 11 is 2.01. The standard InChI is InChI=1S/C15H29N3S/c1-6-13-15(12(4)16-5)14(7-2)18(17-13)10-9-11-19-8-3/h12,16H,6-11H2,1-5H3. The molecule has 0 amide bonds. The van der Waals surface area contributed by atoms with Crippen molar-refractivity contribution in [3.05, 3.63) is 17.0 Å². The van der Waals surface area contributed by atoms with Crippen LogP contribution in [0.3, 0.4) is 0 Å². The predicted octanol–water partition coefficient (Wildman–Crippen LogP) is 3.43. The molecule has 0 saturated carbocycles. The van der Waals surface area contributed by atoms with Gasteiger partial charge in [-0.05, 0) is 44.7 Å². The quantitative estimate of drug-likeness (QED) is 0.704. The smallest absolute Gasteiger partial charge is 0.0672 e. The van der Waals surface area contributed by atoms with Crippen molar-refractivity contribution in [2.24, 2.45) is 0 Å². The molecule has 1 aromatic rings. The van der Waals surface area contributed by atoms with Gasteiger partial charge >= 0.3 is 0 Å². The van der Waals surface area contributed by atoms with E-state index in [1.807, 2.05) is 18.8 Å². The molecule has 0 saturated heterocycles. The Morgan fingerprint density at radius 2 is 2.00 bits per heavy atom. The second kappa shape index (κ2) is 8.64. The summed E-state index contributed by atoms with van der Waals surface area (Å²) in [7, 11) is 2.03. The molecule has 0 bridgehead atoms. The fourth-order valence-corrected chi connectivity index (χ4v) is 3.11. The van der Waals surface area contributed by atoms with Gasteiger partial charge in [0.15, 0.2) is 0 Å². The van der Waals surface area contributed by atoms with Gasteiger partial charge in [-0.1, -0.05) is 20.8 Å². The van der Waals surface area contributed by atoms with Gasteiger partial charge in [-0.2, -0.15) is 16.9 Å². The summed E-state index contributed by atoms with van der Waals surface area (Å²) in [6, 6.07) is 0.392. The third-order valence-corrected chi connectivity index (χ3v) is 4.56. The van der Waals surface area contributed by atoms with Crippen molar-refractivity contribution in [3.8, 4) is 0 Å². The topological polar surface area (TPSA) is 29.9 Å². The number of rotatable bonds is 9. The van der Waals surface area contributed by atoms with E-state index in [2.05, 4.69) is 37.7 Å². The lowest BCUT2D eigenvalue weighted by Crippen LogP contribution is -2.15. The predicted molar refractivity (Wildman–Crippen MR) is 86.1 cm³/mol. The van der Waals surface area contributed by atoms with Gasteiger partial charge in [-0.25, -0.2) is 0 Å². The molecule has 0 spiro atoms. The normalized spacial score (nSPS) is 12.9. The molecular formula is C15H29N3S. The van der Waals surface area contributed by atoms with Crippen LogP contribution in [0.1, 0.15) is 57.1 Å². The lowest BCUT2D eigenvalue weighted by Gasteiger charge is -2.13. The average Bonchev–Trinajstić information content (AvgIpc) is 2.80. The fourth-order valence-electron chi connectivity index (χ4n) is 2.49. The molecular weight excluding hydrogens is 254 g/mol. The van der Waals surface area contributed by atoms with Gasteiger partial charge in [0.1, 0.15) is 0 Å². The molecule has 1 aromatic heterocycles. The minimum Gasteiger partial charge on any atom is -0.313 e. The zero-order valence-electron chi connectivity index (χ0n) is 13.1. The van der Waals surface area contributed by atoms with Gasteiger partial charge in [-0.3, -0.25) is 4.68 Å². The minimum absolute atomic E-state index is 0.392. The molecule has 1 rings (SSSR count). The largest absolute Gasteiger partial charge is 0.313 e. The van der Waals surface area contributed by atoms with Crippen molar-refractivity contribution in [2.45, 2.75) is 59.5 Å². The van der Waals surface area contributed by atoms with Crippen LogP contribution >= 0.6 is 11.8 Å². The molecule has 0 radical (unpaired) electrons. The number of thioether (sulfide) groups is 1. The summed E-state index contributed by atoms with van der Waals surface area (Å²) in [4.78, 5) is 0. The van der Waals surface area contributed by atoms with Gasteiger partial charge in [-0.15, -0.1) is 0 Å². The van der Waals surface area contributed by atoms with Gasteiger partial charge in [0, 0.05) is 23.8 Å². The Balaban J connectivity index is 2.88. The van der Waals surface area contributed by atoms with Crippen LogP contribution in [0, 0.1) is 0 Å². The molecule has 0 aliphatic carbocycles. The van der Waals surface area contributed by atoms with E-state index in [1.54, 1.807) is 0 Å². The van der Waals surface area contributed by atoms with Gasteiger partial charge < -0.3 is 5.32 Å². The summed E-state index contributed by atoms with van der Waals surface area (Å²) < 4.78 is 2.25. The Kier molecular flexibility index (Phi) is 7.54. The molecule has 0 aliphatic heterocycles. The Labute approximate surface area is 122 Å². The third-order valence-electron chi connectivity index (χ3n) is 3.57. The molecule has 0 fully saturated rings. The zero-order chi connectivity index (χ0) is 14.3. The van der Waals surface area contributed by atoms with Crippen LogP contribution in [0.4, 0.5) is 0 Å². The van der Waals surface area contributed by atoms with Crippen molar-refractivity contribution in [3.63, 3.8) is 0 Å². The Bertz CT molecular complexity index is 374. The van der Waals surface area contributed by atoms with E-state index < -0.39 is 0 Å². The second-order valence-corrected chi connectivity index (χ2v) is 6.19. The Morgan fingerprint density at radius 1 is 1.26 bits per heavy atom. The highest BCUT2D eigenvalue weighted by Gasteiger charge is 2.19. The van der Waals surface area contributed by atoms with E-state index in [0.29, 0.717) is 6.04 Å². The number of nitrogens with zero attached hydrogens (tertiary/aromatic N) is 2. The second-order valence-electron chi connectivity index (χ2n) is 4.80. The highest BCUT2D eigenvalue weighted by Crippen LogP contribution is 2.23. The van der Waals surface area contributed by atoms with Gasteiger partial charge in [0.25, 0.3) is 0 Å². The van der Waals surface area contributed by atoms with Crippen LogP contribution in [-0.4, -0.2) is 28.3 Å². The maximum absolute atomic E-state index is 4.83. The van der Waals surface area contributed by atoms with Crippen molar-refractivity contribution in [2.75, 3.05) is 18.6 Å². The number of aryl methyl sites for hydroxylation is 2. The van der Waals surface area contributed by atoms with E-state index in [0.717, 1.165) is 19.4 Å². The summed E-state index contributed by atoms with van der Waals surface area (Å²) in [5, 5.41) is 8.20. The molecule has 4 heteroatoms. The fraction of sp³-hybridized carbons (Fsp3) is 0.800. The molecule has 0 aromatic carbocycles. The van der Waals surface area contributed by atoms with Crippen molar-refractivity contribution >= 4 is 11.8 Å². The third kappa shape index (κ3) is 4.25. The van der Waals surface area contributed by atoms with Crippen LogP contribution in [0.5, 0.6) is 0 Å². The first kappa shape index (κ1) is 16.6. The zero-order valence-corrected chi connectivity index (χ0v) is 13.9. The number of aromatic nitrogens is 2. The van der Waals surface area contributed by atoms with E-state index in [-0.39, 0.29) is 0 Å². The van der Waals surface area contributed by atoms with E-state index in [4.69, 9.17) is 5.10 Å². The first-order valence-corrected chi connectivity index (χ1v) is 8.68. The van der Waals surface area contributed by atoms with Crippen molar-refractivity contribution in [1.29, 1.82) is 0 Å². The summed E-state index contributed by atoms with van der Waals surface area (Å²) in [6.07, 6.45) is 3.30. The van der Waals surface area contributed by atoms with Gasteiger partial charge in [0.05, 0.1) is 5.69 Å². The maximum atomic E-state index is 4.83. The van der Waals surface area contributed by atoms with E-state index >= 15 is 0 Å². The van der Waals surface area contributed by atoms with Crippen LogP contribution in [-0.2, 0) is 19.4 Å². The SMILES string of the molecule is CCSCCCn1nc(CC)c(C(C)NC)c1CC. The van der Waals surface area contributed by atoms with Crippen LogP contribution in [0.2, 0.25) is 0 Å². The molecule has 1 atom stereocenters. The molecule has 19 heavy (non-hydrogen) atoms. The average molecular weight is 283 g/mol. The highest BCUT2D eigenvalue weighted by atomic mass is 32.2. The Morgan fingerprint density at radius 3 is 2.53 bits per heavy atom. The van der Waals surface area contributed by atoms with E-state index in [9.17, 15) is 0 Å².